The largest absolute Gasteiger partial charge is 0.460 e. The lowest BCUT2D eigenvalue weighted by Crippen LogP contribution is -2.38. The van der Waals surface area contributed by atoms with E-state index in [2.05, 4.69) is 17.1 Å². The molecular formula is C29H26N2O3. The molecule has 2 heterocycles. The van der Waals surface area contributed by atoms with Gasteiger partial charge in [-0.05, 0) is 42.5 Å². The number of pyridine rings is 1. The first-order valence-electron chi connectivity index (χ1n) is 11.6. The summed E-state index contributed by atoms with van der Waals surface area (Å²) < 4.78 is 5.71. The van der Waals surface area contributed by atoms with Crippen LogP contribution in [0.25, 0.3) is 0 Å². The van der Waals surface area contributed by atoms with Gasteiger partial charge in [-0.1, -0.05) is 66.7 Å². The maximum atomic E-state index is 13.5. The van der Waals surface area contributed by atoms with Gasteiger partial charge >= 0.3 is 5.97 Å². The number of ether oxygens (including phenoxy) is 1. The van der Waals surface area contributed by atoms with Crippen LogP contribution in [-0.2, 0) is 20.9 Å². The van der Waals surface area contributed by atoms with Crippen LogP contribution < -0.4 is 0 Å². The van der Waals surface area contributed by atoms with E-state index in [1.54, 1.807) is 6.20 Å². The SMILES string of the molecule is CC1=NC2=C(C(=O)C[C@@H](c3ccccc3)C2)[C@@H](c2ccccn2)C1C(=O)OCc1ccccc1. The number of benzene rings is 2. The van der Waals surface area contributed by atoms with Crippen LogP contribution in [0.4, 0.5) is 0 Å². The van der Waals surface area contributed by atoms with E-state index in [1.807, 2.05) is 73.7 Å². The van der Waals surface area contributed by atoms with Crippen LogP contribution in [0.15, 0.2) is 101 Å². The Labute approximate surface area is 199 Å². The van der Waals surface area contributed by atoms with E-state index in [-0.39, 0.29) is 24.3 Å². The molecule has 5 rings (SSSR count). The molecule has 170 valence electrons. The number of carbonyl (C=O) groups excluding carboxylic acids is 2. The summed E-state index contributed by atoms with van der Waals surface area (Å²) in [6.45, 7) is 2.03. The summed E-state index contributed by atoms with van der Waals surface area (Å²) in [5.74, 6) is -1.46. The van der Waals surface area contributed by atoms with Crippen molar-refractivity contribution in [3.63, 3.8) is 0 Å². The van der Waals surface area contributed by atoms with Crippen molar-refractivity contribution in [2.75, 3.05) is 0 Å². The smallest absolute Gasteiger partial charge is 0.316 e. The molecule has 1 aliphatic heterocycles. The molecule has 0 fully saturated rings. The minimum Gasteiger partial charge on any atom is -0.460 e. The summed E-state index contributed by atoms with van der Waals surface area (Å²) in [7, 11) is 0. The van der Waals surface area contributed by atoms with Gasteiger partial charge in [0.05, 0.1) is 5.92 Å². The van der Waals surface area contributed by atoms with E-state index < -0.39 is 11.8 Å². The van der Waals surface area contributed by atoms with E-state index in [9.17, 15) is 9.59 Å². The van der Waals surface area contributed by atoms with Crippen molar-refractivity contribution >= 4 is 17.5 Å². The summed E-state index contributed by atoms with van der Waals surface area (Å²) in [5, 5.41) is 0. The summed E-state index contributed by atoms with van der Waals surface area (Å²) >= 11 is 0. The number of hydrogen-bond acceptors (Lipinski definition) is 5. The second kappa shape index (κ2) is 9.56. The second-order valence-corrected chi connectivity index (χ2v) is 8.86. The molecule has 2 aliphatic rings. The average Bonchev–Trinajstić information content (AvgIpc) is 2.88. The van der Waals surface area contributed by atoms with Crippen molar-refractivity contribution in [3.05, 3.63) is 113 Å². The number of ketones is 1. The van der Waals surface area contributed by atoms with Crippen LogP contribution >= 0.6 is 0 Å². The van der Waals surface area contributed by atoms with Gasteiger partial charge in [0.25, 0.3) is 0 Å². The van der Waals surface area contributed by atoms with Crippen LogP contribution in [0.1, 0.15) is 48.4 Å². The first kappa shape index (κ1) is 22.0. The first-order chi connectivity index (χ1) is 16.6. The zero-order chi connectivity index (χ0) is 23.5. The van der Waals surface area contributed by atoms with E-state index >= 15 is 0 Å². The average molecular weight is 451 g/mol. The fourth-order valence-corrected chi connectivity index (χ4v) is 5.02. The van der Waals surface area contributed by atoms with Crippen molar-refractivity contribution < 1.29 is 14.3 Å². The van der Waals surface area contributed by atoms with Gasteiger partial charge in [-0.2, -0.15) is 0 Å². The number of aliphatic imine (C=N–C) groups is 1. The maximum Gasteiger partial charge on any atom is 0.316 e. The van der Waals surface area contributed by atoms with Crippen LogP contribution in [0, 0.1) is 5.92 Å². The Hall–Kier alpha value is -3.86. The van der Waals surface area contributed by atoms with E-state index in [1.165, 1.54) is 0 Å². The number of esters is 1. The number of allylic oxidation sites excluding steroid dienone is 2. The Morgan fingerprint density at radius 3 is 2.35 bits per heavy atom. The molecule has 1 aromatic heterocycles. The Morgan fingerprint density at radius 2 is 1.65 bits per heavy atom. The van der Waals surface area contributed by atoms with Gasteiger partial charge in [0.2, 0.25) is 0 Å². The molecule has 0 radical (unpaired) electrons. The number of rotatable bonds is 5. The minimum atomic E-state index is -0.686. The normalized spacial score (nSPS) is 22.1. The zero-order valence-corrected chi connectivity index (χ0v) is 19.1. The third-order valence-corrected chi connectivity index (χ3v) is 6.64. The van der Waals surface area contributed by atoms with Gasteiger partial charge in [0, 0.05) is 35.3 Å². The maximum absolute atomic E-state index is 13.5. The monoisotopic (exact) mass is 450 g/mol. The molecule has 0 N–H and O–H groups in total. The Balaban J connectivity index is 1.49. The summed E-state index contributed by atoms with van der Waals surface area (Å²) in [6.07, 6.45) is 2.76. The van der Waals surface area contributed by atoms with Gasteiger partial charge in [-0.25, -0.2) is 0 Å². The summed E-state index contributed by atoms with van der Waals surface area (Å²) in [4.78, 5) is 36.3. The molecule has 5 heteroatoms. The predicted octanol–water partition coefficient (Wildman–Crippen LogP) is 5.40. The second-order valence-electron chi connectivity index (χ2n) is 8.86. The molecule has 2 aromatic carbocycles. The van der Waals surface area contributed by atoms with Gasteiger partial charge in [-0.3, -0.25) is 19.6 Å². The van der Waals surface area contributed by atoms with Crippen LogP contribution in [0.2, 0.25) is 0 Å². The van der Waals surface area contributed by atoms with Crippen molar-refractivity contribution in [2.45, 2.75) is 38.2 Å². The number of Topliss-reactive ketones (excluding diaryl/α,β-unsaturated/α-hetero) is 1. The molecule has 1 aliphatic carbocycles. The standard InChI is InChI=1S/C29H26N2O3/c1-19-26(29(33)34-18-20-10-4-2-5-11-20)28(23-14-8-9-15-30-23)27-24(31-19)16-22(17-25(27)32)21-12-6-3-7-13-21/h2-15,22,26,28H,16-18H2,1H3/t22-,26?,28-/m0/s1. The zero-order valence-electron chi connectivity index (χ0n) is 19.1. The molecule has 3 atom stereocenters. The van der Waals surface area contributed by atoms with Crippen molar-refractivity contribution in [2.24, 2.45) is 10.9 Å². The molecular weight excluding hydrogens is 424 g/mol. The lowest BCUT2D eigenvalue weighted by Gasteiger charge is -2.36. The van der Waals surface area contributed by atoms with E-state index in [4.69, 9.17) is 9.73 Å². The number of aromatic nitrogens is 1. The van der Waals surface area contributed by atoms with Gasteiger partial charge in [0.15, 0.2) is 5.78 Å². The highest BCUT2D eigenvalue weighted by Gasteiger charge is 2.45. The van der Waals surface area contributed by atoms with E-state index in [0.717, 1.165) is 16.8 Å². The van der Waals surface area contributed by atoms with Gasteiger partial charge in [-0.15, -0.1) is 0 Å². The Bertz CT molecular complexity index is 1250. The molecule has 0 bridgehead atoms. The molecule has 0 saturated carbocycles. The number of nitrogens with zero attached hydrogens (tertiary/aromatic N) is 2. The quantitative estimate of drug-likeness (QED) is 0.488. The number of carbonyl (C=O) groups is 2. The number of hydrogen-bond donors (Lipinski definition) is 0. The predicted molar refractivity (Wildman–Crippen MR) is 130 cm³/mol. The van der Waals surface area contributed by atoms with E-state index in [0.29, 0.717) is 29.8 Å². The Kier molecular flexibility index (Phi) is 6.17. The van der Waals surface area contributed by atoms with Crippen molar-refractivity contribution in [1.29, 1.82) is 0 Å². The van der Waals surface area contributed by atoms with Gasteiger partial charge < -0.3 is 4.74 Å². The lowest BCUT2D eigenvalue weighted by atomic mass is 9.70. The summed E-state index contributed by atoms with van der Waals surface area (Å²) in [5.41, 5.74) is 4.78. The van der Waals surface area contributed by atoms with Crippen LogP contribution in [0.5, 0.6) is 0 Å². The molecule has 5 nitrogen and oxygen atoms in total. The molecule has 3 aromatic rings. The molecule has 1 unspecified atom stereocenters. The van der Waals surface area contributed by atoms with Crippen LogP contribution in [0.3, 0.4) is 0 Å². The highest BCUT2D eigenvalue weighted by molar-refractivity contribution is 6.09. The van der Waals surface area contributed by atoms with Crippen molar-refractivity contribution in [3.8, 4) is 0 Å². The first-order valence-corrected chi connectivity index (χ1v) is 11.6. The lowest BCUT2D eigenvalue weighted by molar-refractivity contribution is -0.148. The summed E-state index contributed by atoms with van der Waals surface area (Å²) in [6, 6.07) is 25.3. The third kappa shape index (κ3) is 4.34. The topological polar surface area (TPSA) is 68.6 Å². The highest BCUT2D eigenvalue weighted by atomic mass is 16.5. The minimum absolute atomic E-state index is 0.0304. The molecule has 0 spiro atoms. The molecule has 0 amide bonds. The van der Waals surface area contributed by atoms with Crippen molar-refractivity contribution in [1.82, 2.24) is 4.98 Å². The van der Waals surface area contributed by atoms with Crippen LogP contribution in [-0.4, -0.2) is 22.4 Å². The highest BCUT2D eigenvalue weighted by Crippen LogP contribution is 2.46. The van der Waals surface area contributed by atoms with Gasteiger partial charge in [0.1, 0.15) is 12.5 Å². The molecule has 0 saturated heterocycles. The molecule has 34 heavy (non-hydrogen) atoms. The fourth-order valence-electron chi connectivity index (χ4n) is 5.02. The Morgan fingerprint density at radius 1 is 0.941 bits per heavy atom. The fraction of sp³-hybridized carbons (Fsp3) is 0.241. The third-order valence-electron chi connectivity index (χ3n) is 6.64.